The molecule has 1 aliphatic rings. The van der Waals surface area contributed by atoms with Gasteiger partial charge in [0.25, 0.3) is 0 Å². The van der Waals surface area contributed by atoms with Crippen LogP contribution in [-0.2, 0) is 0 Å². The maximum Gasteiger partial charge on any atom is 0.156 e. The van der Waals surface area contributed by atoms with Crippen molar-refractivity contribution >= 4 is 0 Å². The average molecular weight is 221 g/mol. The SMILES string of the molecule is CC(C)Oc1cnc(C2CCNCC2)nc1. The van der Waals surface area contributed by atoms with Crippen LogP contribution in [0.4, 0.5) is 0 Å². The average Bonchev–Trinajstić information content (AvgIpc) is 2.30. The number of hydrogen-bond donors (Lipinski definition) is 1. The minimum Gasteiger partial charge on any atom is -0.488 e. The Hall–Kier alpha value is -1.16. The molecule has 0 aromatic carbocycles. The second-order valence-electron chi connectivity index (χ2n) is 4.47. The summed E-state index contributed by atoms with van der Waals surface area (Å²) in [7, 11) is 0. The molecule has 0 saturated carbocycles. The van der Waals surface area contributed by atoms with Gasteiger partial charge in [-0.1, -0.05) is 0 Å². The molecule has 88 valence electrons. The highest BCUT2D eigenvalue weighted by Crippen LogP contribution is 2.22. The molecule has 1 N–H and O–H groups in total. The van der Waals surface area contributed by atoms with Crippen LogP contribution < -0.4 is 10.1 Å². The van der Waals surface area contributed by atoms with Crippen molar-refractivity contribution in [3.8, 4) is 5.75 Å². The molecule has 0 bridgehead atoms. The van der Waals surface area contributed by atoms with E-state index in [0.29, 0.717) is 5.92 Å². The minimum absolute atomic E-state index is 0.174. The van der Waals surface area contributed by atoms with E-state index in [0.717, 1.165) is 37.5 Å². The first-order valence-electron chi connectivity index (χ1n) is 5.95. The summed E-state index contributed by atoms with van der Waals surface area (Å²) in [6.45, 7) is 6.14. The maximum atomic E-state index is 5.52. The number of nitrogens with one attached hydrogen (secondary N) is 1. The summed E-state index contributed by atoms with van der Waals surface area (Å²) in [5, 5.41) is 3.34. The summed E-state index contributed by atoms with van der Waals surface area (Å²) < 4.78 is 5.52. The van der Waals surface area contributed by atoms with Crippen LogP contribution in [0.5, 0.6) is 5.75 Å². The number of ether oxygens (including phenoxy) is 1. The highest BCUT2D eigenvalue weighted by molar-refractivity contribution is 5.14. The number of rotatable bonds is 3. The lowest BCUT2D eigenvalue weighted by molar-refractivity contribution is 0.240. The molecule has 0 amide bonds. The van der Waals surface area contributed by atoms with Gasteiger partial charge < -0.3 is 10.1 Å². The molecular weight excluding hydrogens is 202 g/mol. The van der Waals surface area contributed by atoms with E-state index in [1.165, 1.54) is 0 Å². The van der Waals surface area contributed by atoms with Crippen molar-refractivity contribution < 1.29 is 4.74 Å². The van der Waals surface area contributed by atoms with E-state index in [1.54, 1.807) is 12.4 Å². The third-order valence-electron chi connectivity index (χ3n) is 2.72. The molecule has 0 radical (unpaired) electrons. The predicted octanol–water partition coefficient (Wildman–Crippen LogP) is 1.73. The van der Waals surface area contributed by atoms with Crippen LogP contribution in [0.1, 0.15) is 38.4 Å². The Balaban J connectivity index is 2.00. The summed E-state index contributed by atoms with van der Waals surface area (Å²) in [5.41, 5.74) is 0. The summed E-state index contributed by atoms with van der Waals surface area (Å²) in [5.74, 6) is 2.22. The summed E-state index contributed by atoms with van der Waals surface area (Å²) in [6.07, 6.45) is 6.00. The van der Waals surface area contributed by atoms with Crippen LogP contribution in [0.2, 0.25) is 0 Å². The van der Waals surface area contributed by atoms with Gasteiger partial charge in [0.2, 0.25) is 0 Å². The fourth-order valence-corrected chi connectivity index (χ4v) is 1.95. The Morgan fingerprint density at radius 1 is 1.25 bits per heavy atom. The first-order valence-corrected chi connectivity index (χ1v) is 5.95. The van der Waals surface area contributed by atoms with Gasteiger partial charge in [0.15, 0.2) is 5.75 Å². The lowest BCUT2D eigenvalue weighted by atomic mass is 9.97. The Kier molecular flexibility index (Phi) is 3.72. The highest BCUT2D eigenvalue weighted by Gasteiger charge is 2.17. The van der Waals surface area contributed by atoms with Gasteiger partial charge in [-0.3, -0.25) is 0 Å². The predicted molar refractivity (Wildman–Crippen MR) is 62.6 cm³/mol. The van der Waals surface area contributed by atoms with Crippen LogP contribution in [0, 0.1) is 0 Å². The highest BCUT2D eigenvalue weighted by atomic mass is 16.5. The Morgan fingerprint density at radius 2 is 1.88 bits per heavy atom. The van der Waals surface area contributed by atoms with Crippen LogP contribution >= 0.6 is 0 Å². The summed E-state index contributed by atoms with van der Waals surface area (Å²) in [4.78, 5) is 8.78. The van der Waals surface area contributed by atoms with Gasteiger partial charge in [-0.2, -0.15) is 0 Å². The van der Waals surface area contributed by atoms with Crippen molar-refractivity contribution in [2.75, 3.05) is 13.1 Å². The van der Waals surface area contributed by atoms with Crippen molar-refractivity contribution in [1.29, 1.82) is 0 Å². The molecule has 4 nitrogen and oxygen atoms in total. The van der Waals surface area contributed by atoms with Gasteiger partial charge in [-0.15, -0.1) is 0 Å². The molecular formula is C12H19N3O. The zero-order valence-electron chi connectivity index (χ0n) is 9.94. The van der Waals surface area contributed by atoms with Crippen molar-refractivity contribution in [3.63, 3.8) is 0 Å². The summed E-state index contributed by atoms with van der Waals surface area (Å²) >= 11 is 0. The molecule has 2 heterocycles. The Bertz CT molecular complexity index is 318. The van der Waals surface area contributed by atoms with Crippen LogP contribution in [0.3, 0.4) is 0 Å². The molecule has 1 saturated heterocycles. The molecule has 1 aromatic rings. The molecule has 0 unspecified atom stereocenters. The normalized spacial score (nSPS) is 17.7. The van der Waals surface area contributed by atoms with Gasteiger partial charge in [-0.25, -0.2) is 9.97 Å². The van der Waals surface area contributed by atoms with E-state index in [1.807, 2.05) is 13.8 Å². The molecule has 1 aliphatic heterocycles. The van der Waals surface area contributed by atoms with Crippen molar-refractivity contribution in [2.24, 2.45) is 0 Å². The van der Waals surface area contributed by atoms with Crippen LogP contribution in [0.25, 0.3) is 0 Å². The molecule has 0 atom stereocenters. The lowest BCUT2D eigenvalue weighted by Gasteiger charge is -2.21. The van der Waals surface area contributed by atoms with Crippen LogP contribution in [0.15, 0.2) is 12.4 Å². The number of hydrogen-bond acceptors (Lipinski definition) is 4. The first kappa shape index (κ1) is 11.3. The topological polar surface area (TPSA) is 47.0 Å². The fourth-order valence-electron chi connectivity index (χ4n) is 1.95. The monoisotopic (exact) mass is 221 g/mol. The van der Waals surface area contributed by atoms with Gasteiger partial charge in [0, 0.05) is 5.92 Å². The van der Waals surface area contributed by atoms with E-state index >= 15 is 0 Å². The standard InChI is InChI=1S/C12H19N3O/c1-9(2)16-11-7-14-12(15-8-11)10-3-5-13-6-4-10/h7-10,13H,3-6H2,1-2H3. The molecule has 1 fully saturated rings. The van der Waals surface area contributed by atoms with E-state index in [2.05, 4.69) is 15.3 Å². The lowest BCUT2D eigenvalue weighted by Crippen LogP contribution is -2.27. The van der Waals surface area contributed by atoms with E-state index in [-0.39, 0.29) is 6.10 Å². The molecule has 16 heavy (non-hydrogen) atoms. The quantitative estimate of drug-likeness (QED) is 0.844. The third-order valence-corrected chi connectivity index (χ3v) is 2.72. The van der Waals surface area contributed by atoms with E-state index < -0.39 is 0 Å². The second kappa shape index (κ2) is 5.25. The smallest absolute Gasteiger partial charge is 0.156 e. The van der Waals surface area contributed by atoms with Gasteiger partial charge >= 0.3 is 0 Å². The molecule has 0 spiro atoms. The van der Waals surface area contributed by atoms with Gasteiger partial charge in [0.05, 0.1) is 18.5 Å². The van der Waals surface area contributed by atoms with E-state index in [4.69, 9.17) is 4.74 Å². The first-order chi connectivity index (χ1) is 7.75. The van der Waals surface area contributed by atoms with Crippen LogP contribution in [-0.4, -0.2) is 29.2 Å². The van der Waals surface area contributed by atoms with Crippen molar-refractivity contribution in [3.05, 3.63) is 18.2 Å². The number of nitrogens with zero attached hydrogens (tertiary/aromatic N) is 2. The Morgan fingerprint density at radius 3 is 2.44 bits per heavy atom. The summed E-state index contributed by atoms with van der Waals surface area (Å²) in [6, 6.07) is 0. The molecule has 4 heteroatoms. The second-order valence-corrected chi connectivity index (χ2v) is 4.47. The molecule has 0 aliphatic carbocycles. The maximum absolute atomic E-state index is 5.52. The zero-order valence-corrected chi connectivity index (χ0v) is 9.94. The fraction of sp³-hybridized carbons (Fsp3) is 0.667. The van der Waals surface area contributed by atoms with Crippen molar-refractivity contribution in [2.45, 2.75) is 38.7 Å². The zero-order chi connectivity index (χ0) is 11.4. The Labute approximate surface area is 96.4 Å². The van der Waals surface area contributed by atoms with E-state index in [9.17, 15) is 0 Å². The van der Waals surface area contributed by atoms with Gasteiger partial charge in [0.1, 0.15) is 5.82 Å². The minimum atomic E-state index is 0.174. The number of aromatic nitrogens is 2. The van der Waals surface area contributed by atoms with Gasteiger partial charge in [-0.05, 0) is 39.8 Å². The molecule has 2 rings (SSSR count). The molecule has 1 aromatic heterocycles. The van der Waals surface area contributed by atoms with Crippen molar-refractivity contribution in [1.82, 2.24) is 15.3 Å². The largest absolute Gasteiger partial charge is 0.488 e. The number of piperidine rings is 1. The third kappa shape index (κ3) is 2.92.